The third-order valence-corrected chi connectivity index (χ3v) is 7.22. The van der Waals surface area contributed by atoms with E-state index in [1.54, 1.807) is 45.2 Å². The molecule has 0 atom stereocenters. The highest BCUT2D eigenvalue weighted by atomic mass is 35.5. The van der Waals surface area contributed by atoms with Crippen LogP contribution in [0.15, 0.2) is 82.3 Å². The fourth-order valence-corrected chi connectivity index (χ4v) is 5.72. The van der Waals surface area contributed by atoms with Gasteiger partial charge in [0.1, 0.15) is 17.9 Å². The third kappa shape index (κ3) is 5.81. The molecule has 0 unspecified atom stereocenters. The van der Waals surface area contributed by atoms with E-state index in [4.69, 9.17) is 32.4 Å². The number of benzene rings is 3. The molecular formula is C26H23Cl2NO5S. The van der Waals surface area contributed by atoms with Gasteiger partial charge in [0.2, 0.25) is 0 Å². The molecule has 0 saturated heterocycles. The Labute approximate surface area is 214 Å². The predicted octanol–water partition coefficient (Wildman–Crippen LogP) is 6.94. The molecule has 0 spiro atoms. The van der Waals surface area contributed by atoms with Gasteiger partial charge in [0, 0.05) is 15.6 Å². The van der Waals surface area contributed by atoms with Crippen LogP contribution >= 0.6 is 23.2 Å². The molecule has 0 aliphatic rings. The Morgan fingerprint density at radius 3 is 2.23 bits per heavy atom. The zero-order valence-corrected chi connectivity index (χ0v) is 21.6. The smallest absolute Gasteiger partial charge is 0.327 e. The van der Waals surface area contributed by atoms with Gasteiger partial charge in [-0.15, -0.1) is 0 Å². The van der Waals surface area contributed by atoms with E-state index < -0.39 is 28.1 Å². The fraction of sp³-hybridized carbons (Fsp3) is 0.192. The molecule has 0 fully saturated rings. The number of hydrogen-bond donors (Lipinski definition) is 0. The predicted molar refractivity (Wildman–Crippen MR) is 138 cm³/mol. The fourth-order valence-electron chi connectivity index (χ4n) is 3.60. The zero-order chi connectivity index (χ0) is 25.4. The summed E-state index contributed by atoms with van der Waals surface area (Å²) < 4.78 is 39.2. The van der Waals surface area contributed by atoms with E-state index >= 15 is 0 Å². The summed E-state index contributed by atoms with van der Waals surface area (Å²) in [5.74, 6) is 0.0328. The first-order chi connectivity index (χ1) is 16.4. The average molecular weight is 532 g/mol. The zero-order valence-electron chi connectivity index (χ0n) is 19.3. The molecule has 6 nitrogen and oxygen atoms in total. The number of ether oxygens (including phenoxy) is 1. The van der Waals surface area contributed by atoms with Gasteiger partial charge in [0.25, 0.3) is 10.0 Å². The molecule has 4 aromatic rings. The highest BCUT2D eigenvalue weighted by molar-refractivity contribution is 7.92. The average Bonchev–Trinajstić information content (AvgIpc) is 3.30. The van der Waals surface area contributed by atoms with E-state index in [0.29, 0.717) is 5.69 Å². The van der Waals surface area contributed by atoms with Crippen molar-refractivity contribution in [2.45, 2.75) is 31.3 Å². The number of hydrogen-bond acceptors (Lipinski definition) is 5. The first-order valence-electron chi connectivity index (χ1n) is 10.7. The van der Waals surface area contributed by atoms with Crippen LogP contribution in [0.2, 0.25) is 10.0 Å². The number of carbonyl (C=O) groups is 1. The normalized spacial score (nSPS) is 12.0. The van der Waals surface area contributed by atoms with Crippen molar-refractivity contribution in [1.29, 1.82) is 0 Å². The topological polar surface area (TPSA) is 76.8 Å². The first-order valence-corrected chi connectivity index (χ1v) is 12.9. The summed E-state index contributed by atoms with van der Waals surface area (Å²) >= 11 is 12.1. The van der Waals surface area contributed by atoms with Crippen LogP contribution in [0.1, 0.15) is 20.8 Å². The SMILES string of the molecule is CC(C)(C)OC(=O)CN(c1ccc2cc(-c3ccco3)ccc2c1)S(=O)(=O)c1cc(Cl)cc(Cl)c1. The van der Waals surface area contributed by atoms with Crippen molar-refractivity contribution in [3.63, 3.8) is 0 Å². The Kier molecular flexibility index (Phi) is 6.86. The maximum Gasteiger partial charge on any atom is 0.327 e. The van der Waals surface area contributed by atoms with Crippen molar-refractivity contribution in [3.05, 3.63) is 83.0 Å². The molecule has 0 radical (unpaired) electrons. The number of anilines is 1. The Bertz CT molecular complexity index is 1470. The lowest BCUT2D eigenvalue weighted by Gasteiger charge is -2.26. The summed E-state index contributed by atoms with van der Waals surface area (Å²) in [6, 6.07) is 18.5. The molecule has 0 N–H and O–H groups in total. The molecule has 35 heavy (non-hydrogen) atoms. The van der Waals surface area contributed by atoms with Gasteiger partial charge in [0.15, 0.2) is 0 Å². The largest absolute Gasteiger partial charge is 0.464 e. The number of rotatable bonds is 6. The Morgan fingerprint density at radius 2 is 1.60 bits per heavy atom. The van der Waals surface area contributed by atoms with E-state index in [1.165, 1.54) is 18.2 Å². The van der Waals surface area contributed by atoms with Crippen LogP contribution in [-0.4, -0.2) is 26.5 Å². The Hall–Kier alpha value is -3.00. The molecule has 1 heterocycles. The van der Waals surface area contributed by atoms with Gasteiger partial charge in [-0.2, -0.15) is 0 Å². The van der Waals surface area contributed by atoms with E-state index in [0.717, 1.165) is 26.4 Å². The molecule has 0 aliphatic heterocycles. The Morgan fingerprint density at radius 1 is 0.943 bits per heavy atom. The molecule has 0 aliphatic carbocycles. The minimum absolute atomic E-state index is 0.133. The van der Waals surface area contributed by atoms with Crippen LogP contribution in [0.25, 0.3) is 22.1 Å². The van der Waals surface area contributed by atoms with Crippen LogP contribution in [-0.2, 0) is 19.6 Å². The molecule has 0 saturated carbocycles. The lowest BCUT2D eigenvalue weighted by molar-refractivity contribution is -0.152. The summed E-state index contributed by atoms with van der Waals surface area (Å²) in [5.41, 5.74) is 0.407. The van der Waals surface area contributed by atoms with Crippen molar-refractivity contribution in [2.24, 2.45) is 0 Å². The second kappa shape index (κ2) is 9.57. The Balaban J connectivity index is 1.79. The van der Waals surface area contributed by atoms with Crippen LogP contribution < -0.4 is 4.31 Å². The molecule has 1 aromatic heterocycles. The number of carbonyl (C=O) groups excluding carboxylic acids is 1. The van der Waals surface area contributed by atoms with Crippen molar-refractivity contribution in [1.82, 2.24) is 0 Å². The number of esters is 1. The quantitative estimate of drug-likeness (QED) is 0.251. The number of halogens is 2. The van der Waals surface area contributed by atoms with E-state index in [1.807, 2.05) is 30.3 Å². The van der Waals surface area contributed by atoms with Crippen LogP contribution in [0.5, 0.6) is 0 Å². The van der Waals surface area contributed by atoms with E-state index in [-0.39, 0.29) is 14.9 Å². The van der Waals surface area contributed by atoms with Gasteiger partial charge in [0.05, 0.1) is 16.8 Å². The van der Waals surface area contributed by atoms with Gasteiger partial charge < -0.3 is 9.15 Å². The highest BCUT2D eigenvalue weighted by Gasteiger charge is 2.30. The van der Waals surface area contributed by atoms with Crippen molar-refractivity contribution in [3.8, 4) is 11.3 Å². The van der Waals surface area contributed by atoms with Gasteiger partial charge in [-0.25, -0.2) is 8.42 Å². The summed E-state index contributed by atoms with van der Waals surface area (Å²) in [6.45, 7) is 4.62. The van der Waals surface area contributed by atoms with Gasteiger partial charge >= 0.3 is 5.97 Å². The van der Waals surface area contributed by atoms with E-state index in [9.17, 15) is 13.2 Å². The lowest BCUT2D eigenvalue weighted by atomic mass is 10.0. The molecule has 182 valence electrons. The second-order valence-electron chi connectivity index (χ2n) is 8.93. The van der Waals surface area contributed by atoms with Crippen molar-refractivity contribution < 1.29 is 22.4 Å². The summed E-state index contributed by atoms with van der Waals surface area (Å²) in [5, 5.41) is 1.99. The third-order valence-electron chi connectivity index (χ3n) is 5.03. The second-order valence-corrected chi connectivity index (χ2v) is 11.7. The summed E-state index contributed by atoms with van der Waals surface area (Å²) in [4.78, 5) is 12.6. The lowest BCUT2D eigenvalue weighted by Crippen LogP contribution is -2.39. The number of sulfonamides is 1. The molecule has 0 bridgehead atoms. The molecule has 3 aromatic carbocycles. The minimum atomic E-state index is -4.21. The van der Waals surface area contributed by atoms with Gasteiger partial charge in [-0.05, 0) is 80.1 Å². The number of fused-ring (bicyclic) bond motifs is 1. The summed E-state index contributed by atoms with van der Waals surface area (Å²) in [7, 11) is -4.21. The van der Waals surface area contributed by atoms with Crippen molar-refractivity contribution >= 4 is 55.7 Å². The van der Waals surface area contributed by atoms with Gasteiger partial charge in [-0.3, -0.25) is 9.10 Å². The van der Waals surface area contributed by atoms with Crippen LogP contribution in [0, 0.1) is 0 Å². The molecular weight excluding hydrogens is 509 g/mol. The monoisotopic (exact) mass is 531 g/mol. The first kappa shape index (κ1) is 25.1. The minimum Gasteiger partial charge on any atom is -0.464 e. The highest BCUT2D eigenvalue weighted by Crippen LogP contribution is 2.32. The molecule has 9 heteroatoms. The number of nitrogens with zero attached hydrogens (tertiary/aromatic N) is 1. The number of furan rings is 1. The van der Waals surface area contributed by atoms with Crippen LogP contribution in [0.3, 0.4) is 0 Å². The van der Waals surface area contributed by atoms with Gasteiger partial charge in [-0.1, -0.05) is 41.4 Å². The maximum atomic E-state index is 13.7. The van der Waals surface area contributed by atoms with Crippen molar-refractivity contribution in [2.75, 3.05) is 10.8 Å². The molecule has 4 rings (SSSR count). The standard InChI is InChI=1S/C26H23Cl2NO5S/c1-26(2,3)34-25(30)16-29(35(31,32)23-14-20(27)13-21(28)15-23)22-9-8-17-11-19(7-6-18(17)12-22)24-5-4-10-33-24/h4-15H,16H2,1-3H3. The summed E-state index contributed by atoms with van der Waals surface area (Å²) in [6.07, 6.45) is 1.60. The molecule has 0 amide bonds. The van der Waals surface area contributed by atoms with Crippen LogP contribution in [0.4, 0.5) is 5.69 Å². The maximum absolute atomic E-state index is 13.7. The van der Waals surface area contributed by atoms with E-state index in [2.05, 4.69) is 0 Å².